The lowest BCUT2D eigenvalue weighted by Crippen LogP contribution is -2.30. The highest BCUT2D eigenvalue weighted by Gasteiger charge is 2.29. The predicted octanol–water partition coefficient (Wildman–Crippen LogP) is 25.2. The number of phosphoric ester groups is 2. The molecule has 0 aliphatic heterocycles. The van der Waals surface area contributed by atoms with Gasteiger partial charge in [0.1, 0.15) is 25.4 Å². The van der Waals surface area contributed by atoms with Crippen molar-refractivity contribution >= 4 is 33.6 Å². The smallest absolute Gasteiger partial charge is 0.463 e. The first-order chi connectivity index (χ1) is 52.2. The van der Waals surface area contributed by atoms with Gasteiger partial charge in [0, 0.05) is 19.3 Å². The third-order valence-corrected chi connectivity index (χ3v) is 19.4. The van der Waals surface area contributed by atoms with E-state index in [9.17, 15) is 43.5 Å². The third kappa shape index (κ3) is 82.2. The quantitative estimate of drug-likeness (QED) is 0.0146. The molecule has 0 aliphatic rings. The number of aliphatic hydroxyl groups excluding tert-OH is 2. The van der Waals surface area contributed by atoms with Crippen LogP contribution in [0.1, 0.15) is 342 Å². The van der Waals surface area contributed by atoms with Gasteiger partial charge in [-0.1, -0.05) is 327 Å². The fourth-order valence-electron chi connectivity index (χ4n) is 11.2. The van der Waals surface area contributed by atoms with Gasteiger partial charge in [-0.05, 0) is 141 Å². The zero-order chi connectivity index (χ0) is 78.0. The molecule has 18 heteroatoms. The maximum Gasteiger partial charge on any atom is 0.472 e. The minimum Gasteiger partial charge on any atom is -0.463 e. The second-order valence-electron chi connectivity index (χ2n) is 27.9. The average Bonchev–Trinajstić information content (AvgIpc) is 0.907. The Kier molecular flexibility index (Phi) is 77.5. The van der Waals surface area contributed by atoms with Crippen LogP contribution in [-0.4, -0.2) is 95.9 Å². The number of hydrogen-bond acceptors (Lipinski definition) is 14. The van der Waals surface area contributed by atoms with Crippen molar-refractivity contribution in [3.8, 4) is 0 Å². The number of phosphoric acid groups is 2. The Morgan fingerprint density at radius 2 is 0.495 bits per heavy atom. The molecule has 0 aromatic rings. The second-order valence-corrected chi connectivity index (χ2v) is 30.8. The second kappa shape index (κ2) is 80.9. The number of hydrogen-bond donors (Lipinski definition) is 4. The summed E-state index contributed by atoms with van der Waals surface area (Å²) in [5, 5.41) is 20.7. The third-order valence-electron chi connectivity index (χ3n) is 17.5. The summed E-state index contributed by atoms with van der Waals surface area (Å²) in [6.07, 6.45) is 100. The molecular weight excluding hydrogens is 1390 g/mol. The highest BCUT2D eigenvalue weighted by molar-refractivity contribution is 7.47. The highest BCUT2D eigenvalue weighted by atomic mass is 31.2. The Labute approximate surface area is 651 Å². The maximum absolute atomic E-state index is 13.0. The van der Waals surface area contributed by atoms with Crippen molar-refractivity contribution in [2.24, 2.45) is 0 Å². The Morgan fingerprint density at radius 1 is 0.271 bits per heavy atom. The fraction of sp³-hybridized carbons (Fsp3) is 0.697. The number of esters is 3. The van der Waals surface area contributed by atoms with Crippen LogP contribution >= 0.6 is 15.6 Å². The van der Waals surface area contributed by atoms with Gasteiger partial charge in [0.25, 0.3) is 0 Å². The number of carbonyl (C=O) groups excluding carboxylic acids is 3. The fourth-order valence-corrected chi connectivity index (χ4v) is 12.8. The molecule has 0 rings (SSSR count). The topological polar surface area (TPSA) is 231 Å². The van der Waals surface area contributed by atoms with Gasteiger partial charge in [0.2, 0.25) is 0 Å². The molecule has 5 unspecified atom stereocenters. The number of carbonyl (C=O) groups is 3. The maximum atomic E-state index is 13.0. The van der Waals surface area contributed by atoms with Crippen molar-refractivity contribution in [1.82, 2.24) is 0 Å². The predicted molar refractivity (Wildman–Crippen MR) is 445 cm³/mol. The van der Waals surface area contributed by atoms with Crippen LogP contribution in [0.3, 0.4) is 0 Å². The average molecular weight is 1540 g/mol. The largest absolute Gasteiger partial charge is 0.472 e. The molecule has 0 spiro atoms. The summed E-state index contributed by atoms with van der Waals surface area (Å²) in [5.74, 6) is -1.60. The van der Waals surface area contributed by atoms with Crippen LogP contribution in [0.2, 0.25) is 0 Å². The van der Waals surface area contributed by atoms with Gasteiger partial charge in [0.05, 0.1) is 26.4 Å². The molecule has 614 valence electrons. The normalized spacial score (nSPS) is 14.6. The van der Waals surface area contributed by atoms with Crippen LogP contribution in [0.4, 0.5) is 0 Å². The van der Waals surface area contributed by atoms with Gasteiger partial charge in [0.15, 0.2) is 6.10 Å². The first kappa shape index (κ1) is 102. The molecule has 0 aromatic heterocycles. The number of unbranched alkanes of at least 4 members (excludes halogenated alkanes) is 32. The molecule has 0 fully saturated rings. The van der Waals surface area contributed by atoms with Crippen molar-refractivity contribution in [1.29, 1.82) is 0 Å². The summed E-state index contributed by atoms with van der Waals surface area (Å²) >= 11 is 0. The van der Waals surface area contributed by atoms with Crippen LogP contribution in [0.25, 0.3) is 0 Å². The lowest BCUT2D eigenvalue weighted by atomic mass is 10.0. The molecule has 0 radical (unpaired) electrons. The number of ether oxygens (including phenoxy) is 3. The highest BCUT2D eigenvalue weighted by Crippen LogP contribution is 2.45. The Morgan fingerprint density at radius 3 is 0.785 bits per heavy atom. The Balaban J connectivity index is 4.51. The van der Waals surface area contributed by atoms with Gasteiger partial charge < -0.3 is 34.2 Å². The molecular formula is C89H152O16P2. The van der Waals surface area contributed by atoms with E-state index in [2.05, 4.69) is 167 Å². The van der Waals surface area contributed by atoms with E-state index in [1.54, 1.807) is 0 Å². The van der Waals surface area contributed by atoms with Crippen molar-refractivity contribution in [3.05, 3.63) is 146 Å². The van der Waals surface area contributed by atoms with Crippen LogP contribution in [0.5, 0.6) is 0 Å². The molecule has 5 atom stereocenters. The van der Waals surface area contributed by atoms with E-state index in [1.165, 1.54) is 109 Å². The lowest BCUT2D eigenvalue weighted by molar-refractivity contribution is -0.161. The zero-order valence-electron chi connectivity index (χ0n) is 67.3. The molecule has 107 heavy (non-hydrogen) atoms. The molecule has 0 heterocycles. The molecule has 16 nitrogen and oxygen atoms in total. The van der Waals surface area contributed by atoms with Gasteiger partial charge in [-0.15, -0.1) is 0 Å². The van der Waals surface area contributed by atoms with E-state index in [0.717, 1.165) is 173 Å². The minimum absolute atomic E-state index is 0.0838. The van der Waals surface area contributed by atoms with E-state index < -0.39 is 91.5 Å². The summed E-state index contributed by atoms with van der Waals surface area (Å²) in [6, 6.07) is 0. The van der Waals surface area contributed by atoms with E-state index >= 15 is 0 Å². The van der Waals surface area contributed by atoms with Crippen LogP contribution in [0.15, 0.2) is 146 Å². The summed E-state index contributed by atoms with van der Waals surface area (Å²) in [4.78, 5) is 58.8. The molecule has 0 aromatic carbocycles. The standard InChI is InChI=1S/C89H152O16P2/c1-4-7-10-13-16-19-22-25-28-31-34-35-36-37-38-39-40-41-42-43-44-45-46-47-50-52-54-57-60-63-66-69-72-75-87(92)99-78-84(90)79-101-106(95,96)102-80-85(91)81-103-107(97,98)104-83-86(105-89(94)77-74-71-68-65-62-59-56-53-49-33-30-27-24-21-18-15-12-9-6-3)82-100-88(93)76-73-70-67-64-61-58-55-51-48-32-29-26-23-20-17-14-11-8-5-2/h7-8,10-11,16-21,25-30,34-35,37-38,48-49,51,53,84-86,90-91H,4-6,9,12-15,22-24,31-33,36,39-47,50,52,54-83H2,1-3H3,(H,95,96)(H,97,98)/b10-7-,11-8-,19-16-,20-17-,21-18-,28-25-,29-26-,30-27-,35-34-,38-37-,51-48-,53-49-. The molecule has 0 bridgehead atoms. The zero-order valence-corrected chi connectivity index (χ0v) is 69.1. The van der Waals surface area contributed by atoms with Crippen molar-refractivity contribution in [2.75, 3.05) is 39.6 Å². The molecule has 0 saturated carbocycles. The summed E-state index contributed by atoms with van der Waals surface area (Å²) in [5.41, 5.74) is 0. The van der Waals surface area contributed by atoms with Crippen LogP contribution < -0.4 is 0 Å². The van der Waals surface area contributed by atoms with E-state index in [4.69, 9.17) is 32.3 Å². The SMILES string of the molecule is CC/C=C\C/C=C\C/C=C\C/C=C\C/C=C\CCCCCCCCCCCCCCCCCCCC(=O)OCC(O)COP(=O)(O)OCC(O)COP(=O)(O)OCC(COC(=O)CCCCCCCC/C=C\C/C=C\C/C=C\C/C=C\CC)OC(=O)CCCCCCCC/C=C\C/C=C\C/C=C\CCCCC. The van der Waals surface area contributed by atoms with Crippen LogP contribution in [-0.2, 0) is 55.8 Å². The van der Waals surface area contributed by atoms with E-state index in [-0.39, 0.29) is 19.3 Å². The van der Waals surface area contributed by atoms with Crippen molar-refractivity contribution < 1.29 is 75.8 Å². The summed E-state index contributed by atoms with van der Waals surface area (Å²) in [6.45, 7) is 2.42. The summed E-state index contributed by atoms with van der Waals surface area (Å²) < 4.78 is 61.3. The monoisotopic (exact) mass is 1540 g/mol. The molecule has 0 aliphatic carbocycles. The Hall–Kier alpha value is -4.57. The first-order valence-corrected chi connectivity index (χ1v) is 45.1. The Bertz CT molecular complexity index is 2530. The van der Waals surface area contributed by atoms with E-state index in [0.29, 0.717) is 19.3 Å². The van der Waals surface area contributed by atoms with Crippen molar-refractivity contribution in [3.63, 3.8) is 0 Å². The molecule has 0 amide bonds. The van der Waals surface area contributed by atoms with E-state index in [1.807, 2.05) is 0 Å². The lowest BCUT2D eigenvalue weighted by Gasteiger charge is -2.21. The van der Waals surface area contributed by atoms with Crippen LogP contribution in [0, 0.1) is 0 Å². The van der Waals surface area contributed by atoms with Gasteiger partial charge >= 0.3 is 33.6 Å². The molecule has 0 saturated heterocycles. The number of allylic oxidation sites excluding steroid dienone is 24. The van der Waals surface area contributed by atoms with Gasteiger partial charge in [-0.3, -0.25) is 32.5 Å². The molecule has 4 N–H and O–H groups in total. The van der Waals surface area contributed by atoms with Gasteiger partial charge in [-0.25, -0.2) is 9.13 Å². The van der Waals surface area contributed by atoms with Crippen molar-refractivity contribution in [2.45, 2.75) is 360 Å². The minimum atomic E-state index is -4.94. The summed E-state index contributed by atoms with van der Waals surface area (Å²) in [7, 11) is -9.81. The van der Waals surface area contributed by atoms with Gasteiger partial charge in [-0.2, -0.15) is 0 Å². The number of aliphatic hydroxyl groups is 2. The first-order valence-electron chi connectivity index (χ1n) is 42.1. The number of rotatable bonds is 79.